The van der Waals surface area contributed by atoms with Crippen LogP contribution in [0.3, 0.4) is 0 Å². The molecule has 3 rings (SSSR count). The van der Waals surface area contributed by atoms with E-state index < -0.39 is 12.1 Å². The molecule has 31 heavy (non-hydrogen) atoms. The highest BCUT2D eigenvalue weighted by molar-refractivity contribution is 5.96. The molecule has 0 aliphatic carbocycles. The number of likely N-dealkylation sites (N-methyl/N-ethyl adjacent to an activating group) is 1. The Labute approximate surface area is 179 Å². The lowest BCUT2D eigenvalue weighted by atomic mass is 9.92. The third-order valence-corrected chi connectivity index (χ3v) is 5.51. The summed E-state index contributed by atoms with van der Waals surface area (Å²) in [7, 11) is 2.01. The van der Waals surface area contributed by atoms with Crippen LogP contribution in [0.4, 0.5) is 18.9 Å². The Kier molecular flexibility index (Phi) is 7.69. The van der Waals surface area contributed by atoms with E-state index in [0.717, 1.165) is 18.7 Å². The van der Waals surface area contributed by atoms with Gasteiger partial charge in [-0.15, -0.1) is 0 Å². The molecule has 0 radical (unpaired) electrons. The molecule has 2 aliphatic heterocycles. The predicted octanol–water partition coefficient (Wildman–Crippen LogP) is 2.62. The number of benzene rings is 1. The highest BCUT2D eigenvalue weighted by Crippen LogP contribution is 2.33. The van der Waals surface area contributed by atoms with Crippen LogP contribution in [0.1, 0.15) is 26.7 Å². The second-order valence-electron chi connectivity index (χ2n) is 8.36. The molecule has 2 saturated heterocycles. The van der Waals surface area contributed by atoms with Gasteiger partial charge >= 0.3 is 12.1 Å². The molecule has 1 aromatic carbocycles. The number of carbonyl (C=O) groups excluding carboxylic acids is 2. The zero-order valence-electron chi connectivity index (χ0n) is 17.9. The third-order valence-electron chi connectivity index (χ3n) is 5.51. The number of rotatable bonds is 3. The van der Waals surface area contributed by atoms with Gasteiger partial charge in [0.05, 0.1) is 12.1 Å². The second-order valence-corrected chi connectivity index (χ2v) is 8.36. The first-order valence-corrected chi connectivity index (χ1v) is 10.0. The van der Waals surface area contributed by atoms with Crippen molar-refractivity contribution < 1.29 is 32.7 Å². The Morgan fingerprint density at radius 3 is 2.26 bits per heavy atom. The van der Waals surface area contributed by atoms with E-state index in [-0.39, 0.29) is 17.4 Å². The topological polar surface area (TPSA) is 81.2 Å². The molecule has 1 atom stereocenters. The van der Waals surface area contributed by atoms with Gasteiger partial charge in [0, 0.05) is 31.7 Å². The van der Waals surface area contributed by atoms with E-state index in [4.69, 9.17) is 9.90 Å². The SMILES string of the molecule is CC(C)CC(=O)N1CCC2(C1)CN(c1ccccc1)C(=O)CN2C.O=C(O)C(F)(F)F. The van der Waals surface area contributed by atoms with Crippen molar-refractivity contribution in [1.82, 2.24) is 9.80 Å². The summed E-state index contributed by atoms with van der Waals surface area (Å²) >= 11 is 0. The number of alkyl halides is 3. The number of likely N-dealkylation sites (tertiary alicyclic amines) is 1. The Hall–Kier alpha value is -2.62. The van der Waals surface area contributed by atoms with Crippen LogP contribution in [0.25, 0.3) is 0 Å². The van der Waals surface area contributed by atoms with Crippen LogP contribution in [0.5, 0.6) is 0 Å². The number of carbonyl (C=O) groups is 3. The highest BCUT2D eigenvalue weighted by atomic mass is 19.4. The normalized spacial score (nSPS) is 22.0. The Morgan fingerprint density at radius 1 is 1.16 bits per heavy atom. The fourth-order valence-corrected chi connectivity index (χ4v) is 3.79. The van der Waals surface area contributed by atoms with E-state index >= 15 is 0 Å². The Balaban J connectivity index is 0.000000423. The Bertz CT molecular complexity index is 801. The zero-order chi connectivity index (χ0) is 23.4. The summed E-state index contributed by atoms with van der Waals surface area (Å²) in [4.78, 5) is 39.9. The summed E-state index contributed by atoms with van der Waals surface area (Å²) in [6.07, 6.45) is -3.56. The molecule has 0 saturated carbocycles. The van der Waals surface area contributed by atoms with Crippen molar-refractivity contribution in [2.24, 2.45) is 5.92 Å². The standard InChI is InChI=1S/C19H27N3O2.C2HF3O2/c1-15(2)11-17(23)21-10-9-19(13-21)14-22(18(24)12-20(19)3)16-7-5-4-6-8-16;3-2(4,5)1(6)7/h4-8,15H,9-14H2,1-3H3;(H,6,7). The maximum Gasteiger partial charge on any atom is 0.490 e. The quantitative estimate of drug-likeness (QED) is 0.777. The summed E-state index contributed by atoms with van der Waals surface area (Å²) in [5.41, 5.74) is 0.818. The summed E-state index contributed by atoms with van der Waals surface area (Å²) < 4.78 is 31.7. The lowest BCUT2D eigenvalue weighted by molar-refractivity contribution is -0.192. The van der Waals surface area contributed by atoms with Crippen molar-refractivity contribution in [1.29, 1.82) is 0 Å². The number of anilines is 1. The molecule has 2 heterocycles. The molecule has 0 bridgehead atoms. The van der Waals surface area contributed by atoms with E-state index in [1.165, 1.54) is 0 Å². The number of halogens is 3. The smallest absolute Gasteiger partial charge is 0.475 e. The van der Waals surface area contributed by atoms with Crippen molar-refractivity contribution in [3.63, 3.8) is 0 Å². The molecule has 172 valence electrons. The Morgan fingerprint density at radius 2 is 1.74 bits per heavy atom. The number of carboxylic acids is 1. The van der Waals surface area contributed by atoms with Crippen molar-refractivity contribution in [3.05, 3.63) is 30.3 Å². The minimum absolute atomic E-state index is 0.126. The number of para-hydroxylation sites is 1. The fraction of sp³-hybridized carbons (Fsp3) is 0.571. The van der Waals surface area contributed by atoms with Crippen LogP contribution < -0.4 is 4.90 Å². The molecule has 2 aliphatic rings. The summed E-state index contributed by atoms with van der Waals surface area (Å²) in [5.74, 6) is -2.02. The first-order valence-electron chi connectivity index (χ1n) is 10.0. The zero-order valence-corrected chi connectivity index (χ0v) is 17.9. The minimum atomic E-state index is -5.08. The largest absolute Gasteiger partial charge is 0.490 e. The maximum atomic E-state index is 12.5. The first-order chi connectivity index (χ1) is 14.4. The van der Waals surface area contributed by atoms with Gasteiger partial charge in [0.15, 0.2) is 0 Å². The van der Waals surface area contributed by atoms with Gasteiger partial charge in [-0.2, -0.15) is 13.2 Å². The number of amides is 2. The molecule has 7 nitrogen and oxygen atoms in total. The first kappa shape index (κ1) is 24.6. The molecule has 1 unspecified atom stereocenters. The number of piperazine rings is 1. The maximum absolute atomic E-state index is 12.5. The molecule has 1 N–H and O–H groups in total. The molecular formula is C21H28F3N3O4. The monoisotopic (exact) mass is 443 g/mol. The average molecular weight is 443 g/mol. The van der Waals surface area contributed by atoms with E-state index in [9.17, 15) is 22.8 Å². The van der Waals surface area contributed by atoms with Crippen molar-refractivity contribution >= 4 is 23.5 Å². The fourth-order valence-electron chi connectivity index (χ4n) is 3.79. The predicted molar refractivity (Wildman–Crippen MR) is 108 cm³/mol. The van der Waals surface area contributed by atoms with Crippen molar-refractivity contribution in [2.45, 2.75) is 38.4 Å². The summed E-state index contributed by atoms with van der Waals surface area (Å²) in [5, 5.41) is 7.12. The van der Waals surface area contributed by atoms with Gasteiger partial charge in [-0.05, 0) is 31.5 Å². The number of hydrogen-bond donors (Lipinski definition) is 1. The number of nitrogens with zero attached hydrogens (tertiary/aromatic N) is 3. The van der Waals surface area contributed by atoms with E-state index in [0.29, 0.717) is 32.0 Å². The molecule has 10 heteroatoms. The van der Waals surface area contributed by atoms with Crippen LogP contribution in [-0.2, 0) is 14.4 Å². The van der Waals surface area contributed by atoms with Crippen LogP contribution in [0.15, 0.2) is 30.3 Å². The van der Waals surface area contributed by atoms with Gasteiger partial charge in [0.1, 0.15) is 0 Å². The number of carboxylic acid groups (broad SMARTS) is 1. The van der Waals surface area contributed by atoms with Crippen LogP contribution in [0, 0.1) is 5.92 Å². The van der Waals surface area contributed by atoms with Gasteiger partial charge in [-0.1, -0.05) is 32.0 Å². The van der Waals surface area contributed by atoms with Crippen molar-refractivity contribution in [3.8, 4) is 0 Å². The average Bonchev–Trinajstić information content (AvgIpc) is 3.10. The van der Waals surface area contributed by atoms with E-state index in [1.807, 2.05) is 47.2 Å². The number of aliphatic carboxylic acids is 1. The van der Waals surface area contributed by atoms with E-state index in [2.05, 4.69) is 18.7 Å². The third kappa shape index (κ3) is 6.19. The molecular weight excluding hydrogens is 415 g/mol. The molecule has 2 fully saturated rings. The van der Waals surface area contributed by atoms with Crippen LogP contribution in [-0.4, -0.2) is 77.6 Å². The molecule has 1 aromatic rings. The lowest BCUT2D eigenvalue weighted by Gasteiger charge is -2.46. The minimum Gasteiger partial charge on any atom is -0.475 e. The number of hydrogen-bond acceptors (Lipinski definition) is 4. The summed E-state index contributed by atoms with van der Waals surface area (Å²) in [6.45, 7) is 6.70. The van der Waals surface area contributed by atoms with Crippen LogP contribution in [0.2, 0.25) is 0 Å². The van der Waals surface area contributed by atoms with Gasteiger partial charge < -0.3 is 14.9 Å². The molecule has 1 spiro atoms. The lowest BCUT2D eigenvalue weighted by Crippen LogP contribution is -2.64. The van der Waals surface area contributed by atoms with Gasteiger partial charge in [0.2, 0.25) is 11.8 Å². The molecule has 2 amide bonds. The van der Waals surface area contributed by atoms with Gasteiger partial charge in [0.25, 0.3) is 0 Å². The molecule has 0 aromatic heterocycles. The van der Waals surface area contributed by atoms with Gasteiger partial charge in [-0.25, -0.2) is 4.79 Å². The second kappa shape index (κ2) is 9.67. The van der Waals surface area contributed by atoms with Gasteiger partial charge in [-0.3, -0.25) is 14.5 Å². The highest BCUT2D eigenvalue weighted by Gasteiger charge is 2.48. The van der Waals surface area contributed by atoms with Crippen molar-refractivity contribution in [2.75, 3.05) is 38.1 Å². The van der Waals surface area contributed by atoms with Crippen LogP contribution >= 0.6 is 0 Å². The van der Waals surface area contributed by atoms with E-state index in [1.54, 1.807) is 0 Å². The summed E-state index contributed by atoms with van der Waals surface area (Å²) in [6, 6.07) is 9.84.